The first-order valence-electron chi connectivity index (χ1n) is 20.3. The molecule has 338 valence electrons. The molecule has 2 heterocycles. The Balaban J connectivity index is 1.13. The summed E-state index contributed by atoms with van der Waals surface area (Å²) in [5.74, 6) is -12.4. The number of carbonyl (C=O) groups excluding carboxylic acids is 4. The molecule has 0 saturated carbocycles. The second-order valence-corrected chi connectivity index (χ2v) is 15.8. The van der Waals surface area contributed by atoms with Gasteiger partial charge in [-0.1, -0.05) is 42.5 Å². The van der Waals surface area contributed by atoms with Crippen molar-refractivity contribution in [1.29, 1.82) is 0 Å². The van der Waals surface area contributed by atoms with Crippen molar-refractivity contribution in [3.05, 3.63) is 177 Å². The molecule has 0 aliphatic carbocycles. The van der Waals surface area contributed by atoms with E-state index in [9.17, 15) is 68.7 Å². The van der Waals surface area contributed by atoms with Crippen molar-refractivity contribution in [2.24, 2.45) is 0 Å². The first-order chi connectivity index (χ1) is 32.8. The highest BCUT2D eigenvalue weighted by Crippen LogP contribution is 2.42. The van der Waals surface area contributed by atoms with Gasteiger partial charge >= 0.3 is 29.8 Å². The summed E-state index contributed by atoms with van der Waals surface area (Å²) < 4.78 is 0. The Morgan fingerprint density at radius 2 is 0.638 bits per heavy atom. The third-order valence-electron chi connectivity index (χ3n) is 11.8. The Bertz CT molecular complexity index is 3540. The van der Waals surface area contributed by atoms with E-state index in [0.717, 1.165) is 30.3 Å². The van der Waals surface area contributed by atoms with Gasteiger partial charge in [0.15, 0.2) is 0 Å². The second kappa shape index (κ2) is 16.3. The lowest BCUT2D eigenvalue weighted by atomic mass is 9.87. The molecule has 0 radical (unpaired) electrons. The number of hydrogen-bond donors (Lipinski definition) is 7. The minimum atomic E-state index is -1.79. The fourth-order valence-corrected chi connectivity index (χ4v) is 8.46. The van der Waals surface area contributed by atoms with Crippen LogP contribution in [0, 0.1) is 0 Å². The molecule has 18 nitrogen and oxygen atoms in total. The van der Waals surface area contributed by atoms with E-state index in [4.69, 9.17) is 11.5 Å². The van der Waals surface area contributed by atoms with Gasteiger partial charge in [0.2, 0.25) is 0 Å². The van der Waals surface area contributed by atoms with Crippen molar-refractivity contribution in [2.75, 3.05) is 21.3 Å². The van der Waals surface area contributed by atoms with Crippen molar-refractivity contribution in [1.82, 2.24) is 0 Å². The van der Waals surface area contributed by atoms with E-state index in [1.165, 1.54) is 24.3 Å². The molecule has 0 atom stereocenters. The number of carbonyl (C=O) groups is 9. The molecule has 2 aliphatic rings. The summed E-state index contributed by atoms with van der Waals surface area (Å²) in [7, 11) is 0. The topological polar surface area (TPSA) is 313 Å². The van der Waals surface area contributed by atoms with Gasteiger partial charge in [0.1, 0.15) is 0 Å². The highest BCUT2D eigenvalue weighted by Gasteiger charge is 2.41. The number of imide groups is 2. The van der Waals surface area contributed by atoms with Crippen LogP contribution >= 0.6 is 0 Å². The zero-order chi connectivity index (χ0) is 49.3. The van der Waals surface area contributed by atoms with E-state index >= 15 is 0 Å². The number of nitrogens with zero attached hydrogens (tertiary/aromatic N) is 2. The maximum Gasteiger partial charge on any atom is 0.337 e. The molecule has 7 aromatic carbocycles. The quantitative estimate of drug-likeness (QED) is 0.0485. The van der Waals surface area contributed by atoms with Crippen molar-refractivity contribution < 1.29 is 68.7 Å². The molecule has 7 aromatic rings. The zero-order valence-electron chi connectivity index (χ0n) is 35.1. The molecule has 0 saturated heterocycles. The summed E-state index contributed by atoms with van der Waals surface area (Å²) in [6.07, 6.45) is 0. The Labute approximate surface area is 387 Å². The van der Waals surface area contributed by atoms with Crippen LogP contribution in [0.25, 0.3) is 44.5 Å². The zero-order valence-corrected chi connectivity index (χ0v) is 35.1. The third kappa shape index (κ3) is 7.31. The molecule has 0 fully saturated rings. The summed E-state index contributed by atoms with van der Waals surface area (Å²) in [5.41, 5.74) is 7.79. The minimum absolute atomic E-state index is 0.0259. The summed E-state index contributed by atoms with van der Waals surface area (Å²) in [6.45, 7) is 0. The number of fused-ring (bicyclic) bond motifs is 2. The average molecular weight is 923 g/mol. The predicted octanol–water partition coefficient (Wildman–Crippen LogP) is 7.61. The number of amides is 4. The predicted molar refractivity (Wildman–Crippen MR) is 247 cm³/mol. The van der Waals surface area contributed by atoms with Crippen molar-refractivity contribution in [3.8, 4) is 44.5 Å². The summed E-state index contributed by atoms with van der Waals surface area (Å²) in [4.78, 5) is 121. The van der Waals surface area contributed by atoms with Gasteiger partial charge in [-0.3, -0.25) is 19.2 Å². The van der Waals surface area contributed by atoms with Crippen LogP contribution in [-0.4, -0.2) is 79.0 Å². The fraction of sp³-hybridized carbons (Fsp3) is 0. The van der Waals surface area contributed by atoms with Gasteiger partial charge in [-0.05, 0) is 129 Å². The molecule has 4 amide bonds. The molecule has 69 heavy (non-hydrogen) atoms. The molecule has 0 spiro atoms. The van der Waals surface area contributed by atoms with E-state index in [-0.39, 0.29) is 27.8 Å². The van der Waals surface area contributed by atoms with Gasteiger partial charge in [0, 0.05) is 11.4 Å². The van der Waals surface area contributed by atoms with Crippen LogP contribution in [-0.2, 0) is 0 Å². The first kappa shape index (κ1) is 44.0. The van der Waals surface area contributed by atoms with Crippen LogP contribution in [0.5, 0.6) is 0 Å². The van der Waals surface area contributed by atoms with E-state index in [1.54, 1.807) is 60.7 Å². The highest BCUT2D eigenvalue weighted by atomic mass is 16.4. The number of hydrogen-bond acceptors (Lipinski definition) is 11. The molecule has 2 aliphatic heterocycles. The van der Waals surface area contributed by atoms with E-state index in [0.29, 0.717) is 55.6 Å². The van der Waals surface area contributed by atoms with Crippen LogP contribution in [0.3, 0.4) is 0 Å². The largest absolute Gasteiger partial charge is 0.478 e. The van der Waals surface area contributed by atoms with E-state index in [1.807, 2.05) is 0 Å². The number of aromatic carboxylic acids is 5. The lowest BCUT2D eigenvalue weighted by Crippen LogP contribution is -2.31. The number of carboxylic acids is 5. The summed E-state index contributed by atoms with van der Waals surface area (Å²) in [6, 6.07) is 28.2. The van der Waals surface area contributed by atoms with Crippen molar-refractivity contribution in [3.63, 3.8) is 0 Å². The van der Waals surface area contributed by atoms with E-state index < -0.39 is 109 Å². The Kier molecular flexibility index (Phi) is 10.4. The molecular formula is C51H30N4O14. The Hall–Kier alpha value is -10.2. The van der Waals surface area contributed by atoms with Gasteiger partial charge in [0.05, 0.1) is 61.4 Å². The van der Waals surface area contributed by atoms with Crippen LogP contribution in [0.4, 0.5) is 22.7 Å². The van der Waals surface area contributed by atoms with Crippen LogP contribution < -0.4 is 21.3 Å². The molecule has 0 unspecified atom stereocenters. The lowest BCUT2D eigenvalue weighted by Gasteiger charge is -2.21. The molecular weight excluding hydrogens is 893 g/mol. The molecule has 18 heteroatoms. The molecule has 0 bridgehead atoms. The maximum absolute atomic E-state index is 13.9. The number of anilines is 4. The highest BCUT2D eigenvalue weighted by molar-refractivity contribution is 6.37. The summed E-state index contributed by atoms with van der Waals surface area (Å²) in [5, 5.41) is 52.4. The van der Waals surface area contributed by atoms with Gasteiger partial charge in [-0.25, -0.2) is 33.8 Å². The lowest BCUT2D eigenvalue weighted by molar-refractivity contribution is 0.0680. The monoisotopic (exact) mass is 922 g/mol. The van der Waals surface area contributed by atoms with Crippen LogP contribution in [0.1, 0.15) is 93.2 Å². The normalized spacial score (nSPS) is 12.8. The molecule has 9 N–H and O–H groups in total. The number of nitrogens with two attached hydrogens (primary N) is 2. The third-order valence-corrected chi connectivity index (χ3v) is 11.8. The number of carboxylic acid groups (broad SMARTS) is 5. The molecule has 9 rings (SSSR count). The van der Waals surface area contributed by atoms with Crippen LogP contribution in [0.15, 0.2) is 127 Å². The standard InChI is InChI=1S/C51H30N4O14/c52-27-8-1-22(2-9-27)24-5-12-29-34(15-24)45(58)54(43(29)56)41-14-7-26(17-39(41)50(66)67)31-18-37(48(62)63)32(19-36(31)47(60)61)33-20-40(51(68)69)42(21-38(33)49(64)65)55-44(57)30-13-6-25(16-35(30)46(55)59)23-3-10-28(53)11-4-23/h1-21H,52-53H2,(H,60,61)(H,62,63)(H,64,65)(H,66,67)(H,68,69). The number of nitrogen functional groups attached to an aromatic ring is 2. The minimum Gasteiger partial charge on any atom is -0.478 e. The summed E-state index contributed by atoms with van der Waals surface area (Å²) >= 11 is 0. The molecule has 0 aromatic heterocycles. The van der Waals surface area contributed by atoms with Crippen molar-refractivity contribution >= 4 is 76.2 Å². The Morgan fingerprint density at radius 1 is 0.304 bits per heavy atom. The smallest absolute Gasteiger partial charge is 0.337 e. The Morgan fingerprint density at radius 3 is 1.09 bits per heavy atom. The maximum atomic E-state index is 13.9. The SMILES string of the molecule is Nc1ccc(-c2ccc3c(c2)C(=O)N(c2ccc(-c4cc(C(=O)O)c(-c5cc(C(=O)O)c(N6C(=O)c7ccc(-c8ccc(N)cc8)cc7C6=O)cc5C(=O)O)cc4C(=O)O)cc2C(=O)O)C3=O)cc1. The van der Waals surface area contributed by atoms with Gasteiger partial charge in [-0.15, -0.1) is 0 Å². The van der Waals surface area contributed by atoms with E-state index in [2.05, 4.69) is 0 Å². The second-order valence-electron chi connectivity index (χ2n) is 15.8. The van der Waals surface area contributed by atoms with Gasteiger partial charge < -0.3 is 37.0 Å². The van der Waals surface area contributed by atoms with Crippen LogP contribution in [0.2, 0.25) is 0 Å². The fourth-order valence-electron chi connectivity index (χ4n) is 8.46. The average Bonchev–Trinajstić information content (AvgIpc) is 3.73. The van der Waals surface area contributed by atoms with Gasteiger partial charge in [0.25, 0.3) is 23.6 Å². The first-order valence-corrected chi connectivity index (χ1v) is 20.3. The van der Waals surface area contributed by atoms with Gasteiger partial charge in [-0.2, -0.15) is 0 Å². The van der Waals surface area contributed by atoms with Crippen molar-refractivity contribution in [2.45, 2.75) is 0 Å². The number of benzene rings is 7. The number of rotatable bonds is 11.